The normalized spacial score (nSPS) is 10.6. The summed E-state index contributed by atoms with van der Waals surface area (Å²) in [6, 6.07) is 20.8. The Morgan fingerprint density at radius 3 is 1.44 bits per heavy atom. The third kappa shape index (κ3) is 3.40. The van der Waals surface area contributed by atoms with E-state index in [1.165, 1.54) is 11.1 Å². The Morgan fingerprint density at radius 1 is 0.688 bits per heavy atom. The van der Waals surface area contributed by atoms with Gasteiger partial charge in [-0.05, 0) is 11.1 Å². The number of thiol groups is 1. The summed E-state index contributed by atoms with van der Waals surface area (Å²) in [7, 11) is 0. The zero-order valence-corrected chi connectivity index (χ0v) is 9.98. The van der Waals surface area contributed by atoms with E-state index in [9.17, 15) is 0 Å². The number of hydrogen-bond acceptors (Lipinski definition) is 2. The highest BCUT2D eigenvalue weighted by Crippen LogP contribution is 2.11. The molecule has 82 valence electrons. The second-order valence-corrected chi connectivity index (χ2v) is 4.36. The molecular weight excluding hydrogens is 214 g/mol. The molecule has 0 unspecified atom stereocenters. The highest BCUT2D eigenvalue weighted by molar-refractivity contribution is 7.77. The molecular formula is C14H15NS. The second kappa shape index (κ2) is 5.73. The van der Waals surface area contributed by atoms with Gasteiger partial charge in [-0.2, -0.15) is 0 Å². The molecule has 0 aliphatic rings. The lowest BCUT2D eigenvalue weighted by atomic mass is 10.2. The largest absolute Gasteiger partial charge is 0.244 e. The van der Waals surface area contributed by atoms with Crippen LogP contribution in [0.3, 0.4) is 0 Å². The van der Waals surface area contributed by atoms with Crippen molar-refractivity contribution in [2.75, 3.05) is 0 Å². The molecule has 0 radical (unpaired) electrons. The van der Waals surface area contributed by atoms with Crippen molar-refractivity contribution in [3.8, 4) is 0 Å². The van der Waals surface area contributed by atoms with Crippen LogP contribution in [-0.2, 0) is 13.1 Å². The molecule has 0 atom stereocenters. The van der Waals surface area contributed by atoms with E-state index in [1.807, 2.05) is 16.4 Å². The molecule has 1 nitrogen and oxygen atoms in total. The lowest BCUT2D eigenvalue weighted by Crippen LogP contribution is -2.11. The van der Waals surface area contributed by atoms with Gasteiger partial charge in [0.05, 0.1) is 0 Å². The van der Waals surface area contributed by atoms with E-state index < -0.39 is 0 Å². The van der Waals surface area contributed by atoms with E-state index in [-0.39, 0.29) is 0 Å². The minimum atomic E-state index is 0.860. The monoisotopic (exact) mass is 229 g/mol. The van der Waals surface area contributed by atoms with Gasteiger partial charge < -0.3 is 0 Å². The highest BCUT2D eigenvalue weighted by Gasteiger charge is 2.01. The number of hydrogen-bond donors (Lipinski definition) is 1. The molecule has 0 fully saturated rings. The maximum absolute atomic E-state index is 4.49. The van der Waals surface area contributed by atoms with Gasteiger partial charge in [0.15, 0.2) is 0 Å². The molecule has 0 heterocycles. The molecule has 2 rings (SSSR count). The molecule has 0 aliphatic carbocycles. The molecule has 16 heavy (non-hydrogen) atoms. The molecule has 2 aromatic carbocycles. The summed E-state index contributed by atoms with van der Waals surface area (Å²) in [6.07, 6.45) is 0. The zero-order valence-electron chi connectivity index (χ0n) is 9.08. The molecule has 0 saturated carbocycles. The fraction of sp³-hybridized carbons (Fsp3) is 0.143. The molecule has 2 aromatic rings. The Labute approximate surface area is 102 Å². The lowest BCUT2D eigenvalue weighted by Gasteiger charge is -2.15. The molecule has 0 bridgehead atoms. The first-order valence-corrected chi connectivity index (χ1v) is 5.76. The van der Waals surface area contributed by atoms with Crippen molar-refractivity contribution < 1.29 is 0 Å². The summed E-state index contributed by atoms with van der Waals surface area (Å²) in [4.78, 5) is 0. The third-order valence-electron chi connectivity index (χ3n) is 2.42. The van der Waals surface area contributed by atoms with Crippen LogP contribution in [0.1, 0.15) is 11.1 Å². The molecule has 0 aliphatic heterocycles. The van der Waals surface area contributed by atoms with Crippen molar-refractivity contribution in [1.29, 1.82) is 0 Å². The first-order chi connectivity index (χ1) is 7.84. The SMILES string of the molecule is SN(Cc1ccccc1)Cc1ccccc1. The van der Waals surface area contributed by atoms with Gasteiger partial charge in [0.2, 0.25) is 0 Å². The molecule has 2 heteroatoms. The van der Waals surface area contributed by atoms with Crippen LogP contribution in [0.5, 0.6) is 0 Å². The number of benzene rings is 2. The van der Waals surface area contributed by atoms with E-state index in [0.717, 1.165) is 13.1 Å². The summed E-state index contributed by atoms with van der Waals surface area (Å²) < 4.78 is 2.02. The van der Waals surface area contributed by atoms with Crippen molar-refractivity contribution in [1.82, 2.24) is 4.31 Å². The van der Waals surface area contributed by atoms with Crippen LogP contribution in [0.4, 0.5) is 0 Å². The van der Waals surface area contributed by atoms with E-state index in [1.54, 1.807) is 0 Å². The van der Waals surface area contributed by atoms with E-state index in [0.29, 0.717) is 0 Å². The minimum Gasteiger partial charge on any atom is -0.244 e. The topological polar surface area (TPSA) is 3.24 Å². The van der Waals surface area contributed by atoms with Crippen LogP contribution in [0, 0.1) is 0 Å². The first-order valence-electron chi connectivity index (χ1n) is 5.36. The van der Waals surface area contributed by atoms with E-state index >= 15 is 0 Å². The van der Waals surface area contributed by atoms with Gasteiger partial charge >= 0.3 is 0 Å². The Bertz CT molecular complexity index is 372. The van der Waals surface area contributed by atoms with E-state index in [2.05, 4.69) is 61.3 Å². The van der Waals surface area contributed by atoms with Crippen molar-refractivity contribution >= 4 is 12.8 Å². The maximum Gasteiger partial charge on any atom is 0.0342 e. The zero-order chi connectivity index (χ0) is 11.2. The standard InChI is InChI=1S/C14H15NS/c16-15(11-13-7-3-1-4-8-13)12-14-9-5-2-6-10-14/h1-10,16H,11-12H2. The summed E-state index contributed by atoms with van der Waals surface area (Å²) in [6.45, 7) is 1.72. The predicted molar refractivity (Wildman–Crippen MR) is 71.1 cm³/mol. The van der Waals surface area contributed by atoms with Gasteiger partial charge in [0, 0.05) is 13.1 Å². The minimum absolute atomic E-state index is 0.860. The average molecular weight is 229 g/mol. The molecule has 0 amide bonds. The van der Waals surface area contributed by atoms with Crippen LogP contribution in [-0.4, -0.2) is 4.31 Å². The fourth-order valence-corrected chi connectivity index (χ4v) is 1.97. The molecule has 0 saturated heterocycles. The van der Waals surface area contributed by atoms with Crippen LogP contribution < -0.4 is 0 Å². The summed E-state index contributed by atoms with van der Waals surface area (Å²) in [5.74, 6) is 0. The van der Waals surface area contributed by atoms with Crippen LogP contribution in [0.2, 0.25) is 0 Å². The number of rotatable bonds is 4. The molecule has 0 N–H and O–H groups in total. The molecule has 0 aromatic heterocycles. The van der Waals surface area contributed by atoms with Crippen LogP contribution in [0.15, 0.2) is 60.7 Å². The predicted octanol–water partition coefficient (Wildman–Crippen LogP) is 3.53. The smallest absolute Gasteiger partial charge is 0.0342 e. The van der Waals surface area contributed by atoms with Gasteiger partial charge in [-0.1, -0.05) is 73.5 Å². The third-order valence-corrected chi connectivity index (χ3v) is 2.70. The van der Waals surface area contributed by atoms with Gasteiger partial charge in [0.1, 0.15) is 0 Å². The van der Waals surface area contributed by atoms with Gasteiger partial charge in [-0.15, -0.1) is 0 Å². The van der Waals surface area contributed by atoms with E-state index in [4.69, 9.17) is 0 Å². The second-order valence-electron chi connectivity index (χ2n) is 3.79. The fourth-order valence-electron chi connectivity index (χ4n) is 1.64. The average Bonchev–Trinajstić information content (AvgIpc) is 2.31. The van der Waals surface area contributed by atoms with Gasteiger partial charge in [0.25, 0.3) is 0 Å². The first kappa shape index (κ1) is 11.2. The van der Waals surface area contributed by atoms with Crippen molar-refractivity contribution in [2.45, 2.75) is 13.1 Å². The maximum atomic E-state index is 4.49. The Balaban J connectivity index is 1.92. The van der Waals surface area contributed by atoms with Crippen LogP contribution in [0.25, 0.3) is 0 Å². The quantitative estimate of drug-likeness (QED) is 0.785. The Kier molecular flexibility index (Phi) is 4.03. The summed E-state index contributed by atoms with van der Waals surface area (Å²) in [5, 5.41) is 0. The lowest BCUT2D eigenvalue weighted by molar-refractivity contribution is 0.469. The van der Waals surface area contributed by atoms with Crippen LogP contribution >= 0.6 is 12.8 Å². The number of nitrogens with zero attached hydrogens (tertiary/aromatic N) is 1. The Morgan fingerprint density at radius 2 is 1.06 bits per heavy atom. The highest BCUT2D eigenvalue weighted by atomic mass is 32.1. The van der Waals surface area contributed by atoms with Gasteiger partial charge in [-0.3, -0.25) is 0 Å². The Hall–Kier alpha value is -1.25. The van der Waals surface area contributed by atoms with Crippen molar-refractivity contribution in [2.24, 2.45) is 0 Å². The summed E-state index contributed by atoms with van der Waals surface area (Å²) >= 11 is 4.49. The van der Waals surface area contributed by atoms with Gasteiger partial charge in [-0.25, -0.2) is 4.31 Å². The summed E-state index contributed by atoms with van der Waals surface area (Å²) in [5.41, 5.74) is 2.57. The van der Waals surface area contributed by atoms with Crippen molar-refractivity contribution in [3.63, 3.8) is 0 Å². The van der Waals surface area contributed by atoms with Crippen molar-refractivity contribution in [3.05, 3.63) is 71.8 Å². The molecule has 0 spiro atoms.